The molecule has 132 valence electrons. The normalized spacial score (nSPS) is 23.3. The number of ether oxygens (including phenoxy) is 2. The van der Waals surface area contributed by atoms with Gasteiger partial charge in [0.2, 0.25) is 0 Å². The molecule has 0 bridgehead atoms. The predicted molar refractivity (Wildman–Crippen MR) is 94.8 cm³/mol. The summed E-state index contributed by atoms with van der Waals surface area (Å²) in [4.78, 5) is 14.6. The molecule has 2 atom stereocenters. The molecule has 0 unspecified atom stereocenters. The lowest BCUT2D eigenvalue weighted by Gasteiger charge is -2.28. The zero-order valence-electron chi connectivity index (χ0n) is 13.8. The summed E-state index contributed by atoms with van der Waals surface area (Å²) in [5.41, 5.74) is 0. The Balaban J connectivity index is 1.55. The number of hydrogen-bond acceptors (Lipinski definition) is 3. The summed E-state index contributed by atoms with van der Waals surface area (Å²) in [6.07, 6.45) is 2.75. The standard InChI is InChI=1S/C18H23Cl2NO3/c1-12(24-17-9-15(19)8-16(20)10-17)18(22)21-5-2-14(11-21)13-3-6-23-7-4-13/h8-10,12-14H,2-7,11H2,1H3/t12-,14-/m0/s1. The highest BCUT2D eigenvalue weighted by atomic mass is 35.5. The molecule has 0 aliphatic carbocycles. The highest BCUT2D eigenvalue weighted by Crippen LogP contribution is 2.32. The van der Waals surface area contributed by atoms with Gasteiger partial charge in [0.15, 0.2) is 6.10 Å². The summed E-state index contributed by atoms with van der Waals surface area (Å²) in [6, 6.07) is 4.99. The lowest BCUT2D eigenvalue weighted by Crippen LogP contribution is -2.39. The average Bonchev–Trinajstić information content (AvgIpc) is 3.04. The Morgan fingerprint density at radius 1 is 1.17 bits per heavy atom. The molecule has 2 saturated heterocycles. The number of carbonyl (C=O) groups is 1. The van der Waals surface area contributed by atoms with Crippen LogP contribution in [0.2, 0.25) is 10.0 Å². The molecule has 1 aromatic carbocycles. The fraction of sp³-hybridized carbons (Fsp3) is 0.611. The van der Waals surface area contributed by atoms with Crippen LogP contribution in [-0.4, -0.2) is 43.2 Å². The summed E-state index contributed by atoms with van der Waals surface area (Å²) >= 11 is 12.0. The van der Waals surface area contributed by atoms with Crippen molar-refractivity contribution in [2.45, 2.75) is 32.3 Å². The minimum atomic E-state index is -0.548. The van der Waals surface area contributed by atoms with Crippen molar-refractivity contribution in [2.24, 2.45) is 11.8 Å². The van der Waals surface area contributed by atoms with Gasteiger partial charge in [-0.05, 0) is 56.2 Å². The van der Waals surface area contributed by atoms with E-state index in [0.29, 0.717) is 27.6 Å². The number of hydrogen-bond donors (Lipinski definition) is 0. The Kier molecular flexibility index (Phi) is 5.90. The summed E-state index contributed by atoms with van der Waals surface area (Å²) in [5, 5.41) is 0.996. The van der Waals surface area contributed by atoms with Crippen LogP contribution >= 0.6 is 23.2 Å². The number of halogens is 2. The molecule has 1 amide bonds. The molecule has 0 saturated carbocycles. The molecule has 1 aromatic rings. The molecular weight excluding hydrogens is 349 g/mol. The van der Waals surface area contributed by atoms with Gasteiger partial charge in [0.25, 0.3) is 5.91 Å². The van der Waals surface area contributed by atoms with Gasteiger partial charge in [-0.3, -0.25) is 4.79 Å². The van der Waals surface area contributed by atoms with Crippen LogP contribution in [0, 0.1) is 11.8 Å². The molecular formula is C18H23Cl2NO3. The van der Waals surface area contributed by atoms with Crippen molar-refractivity contribution >= 4 is 29.1 Å². The third-order valence-corrected chi connectivity index (χ3v) is 5.40. The molecule has 2 heterocycles. The molecule has 24 heavy (non-hydrogen) atoms. The van der Waals surface area contributed by atoms with Crippen molar-refractivity contribution in [3.05, 3.63) is 28.2 Å². The van der Waals surface area contributed by atoms with Crippen LogP contribution in [0.5, 0.6) is 5.75 Å². The van der Waals surface area contributed by atoms with Gasteiger partial charge >= 0.3 is 0 Å². The first-order valence-corrected chi connectivity index (χ1v) is 9.28. The van der Waals surface area contributed by atoms with Gasteiger partial charge in [-0.15, -0.1) is 0 Å². The lowest BCUT2D eigenvalue weighted by molar-refractivity contribution is -0.137. The second kappa shape index (κ2) is 7.94. The number of carbonyl (C=O) groups excluding carboxylic acids is 1. The van der Waals surface area contributed by atoms with Gasteiger partial charge in [0.1, 0.15) is 5.75 Å². The van der Waals surface area contributed by atoms with Crippen molar-refractivity contribution in [1.29, 1.82) is 0 Å². The fourth-order valence-corrected chi connectivity index (χ4v) is 4.17. The second-order valence-electron chi connectivity index (χ2n) is 6.65. The van der Waals surface area contributed by atoms with Crippen LogP contribution < -0.4 is 4.74 Å². The van der Waals surface area contributed by atoms with Gasteiger partial charge in [-0.1, -0.05) is 23.2 Å². The van der Waals surface area contributed by atoms with Gasteiger partial charge in [0, 0.05) is 36.3 Å². The largest absolute Gasteiger partial charge is 0.481 e. The minimum absolute atomic E-state index is 0.0284. The Morgan fingerprint density at radius 3 is 2.50 bits per heavy atom. The predicted octanol–water partition coefficient (Wildman–Crippen LogP) is 4.04. The first kappa shape index (κ1) is 17.8. The monoisotopic (exact) mass is 371 g/mol. The Morgan fingerprint density at radius 2 is 1.83 bits per heavy atom. The van der Waals surface area contributed by atoms with Crippen molar-refractivity contribution in [3.8, 4) is 5.75 Å². The number of rotatable bonds is 4. The third-order valence-electron chi connectivity index (χ3n) is 4.97. The Hall–Kier alpha value is -0.970. The van der Waals surface area contributed by atoms with E-state index in [2.05, 4.69) is 0 Å². The van der Waals surface area contributed by atoms with E-state index in [-0.39, 0.29) is 5.91 Å². The fourth-order valence-electron chi connectivity index (χ4n) is 3.67. The van der Waals surface area contributed by atoms with Crippen LogP contribution in [0.4, 0.5) is 0 Å². The number of benzene rings is 1. The van der Waals surface area contributed by atoms with E-state index in [1.54, 1.807) is 25.1 Å². The van der Waals surface area contributed by atoms with E-state index in [4.69, 9.17) is 32.7 Å². The van der Waals surface area contributed by atoms with Crippen LogP contribution in [0.3, 0.4) is 0 Å². The average molecular weight is 372 g/mol. The van der Waals surface area contributed by atoms with Crippen molar-refractivity contribution in [3.63, 3.8) is 0 Å². The first-order valence-electron chi connectivity index (χ1n) is 8.52. The van der Waals surface area contributed by atoms with Crippen LogP contribution in [0.25, 0.3) is 0 Å². The molecule has 2 aliphatic heterocycles. The van der Waals surface area contributed by atoms with Gasteiger partial charge in [0.05, 0.1) is 0 Å². The first-order chi connectivity index (χ1) is 11.5. The van der Waals surface area contributed by atoms with Crippen LogP contribution in [-0.2, 0) is 9.53 Å². The molecule has 4 nitrogen and oxygen atoms in total. The lowest BCUT2D eigenvalue weighted by atomic mass is 9.85. The quantitative estimate of drug-likeness (QED) is 0.801. The second-order valence-corrected chi connectivity index (χ2v) is 7.52. The summed E-state index contributed by atoms with van der Waals surface area (Å²) in [7, 11) is 0. The molecule has 0 N–H and O–H groups in total. The summed E-state index contributed by atoms with van der Waals surface area (Å²) < 4.78 is 11.2. The highest BCUT2D eigenvalue weighted by molar-refractivity contribution is 6.34. The third kappa shape index (κ3) is 4.35. The number of likely N-dealkylation sites (tertiary alicyclic amines) is 1. The van der Waals surface area contributed by atoms with Gasteiger partial charge in [-0.25, -0.2) is 0 Å². The number of nitrogens with zero attached hydrogens (tertiary/aromatic N) is 1. The Labute approximate surface area is 153 Å². The minimum Gasteiger partial charge on any atom is -0.481 e. The van der Waals surface area contributed by atoms with E-state index >= 15 is 0 Å². The Bertz CT molecular complexity index is 569. The maximum Gasteiger partial charge on any atom is 0.263 e. The maximum atomic E-state index is 12.7. The zero-order valence-corrected chi connectivity index (χ0v) is 15.4. The van der Waals surface area contributed by atoms with Crippen molar-refractivity contribution in [1.82, 2.24) is 4.90 Å². The molecule has 0 aromatic heterocycles. The van der Waals surface area contributed by atoms with E-state index in [0.717, 1.165) is 45.6 Å². The maximum absolute atomic E-state index is 12.7. The molecule has 6 heteroatoms. The van der Waals surface area contributed by atoms with E-state index < -0.39 is 6.10 Å². The topological polar surface area (TPSA) is 38.8 Å². The molecule has 2 fully saturated rings. The van der Waals surface area contributed by atoms with E-state index in [9.17, 15) is 4.79 Å². The van der Waals surface area contributed by atoms with Crippen molar-refractivity contribution in [2.75, 3.05) is 26.3 Å². The molecule has 3 rings (SSSR count). The van der Waals surface area contributed by atoms with Crippen LogP contribution in [0.15, 0.2) is 18.2 Å². The summed E-state index contributed by atoms with van der Waals surface area (Å²) in [6.45, 7) is 5.12. The molecule has 2 aliphatic rings. The number of amides is 1. The van der Waals surface area contributed by atoms with E-state index in [1.807, 2.05) is 4.90 Å². The smallest absolute Gasteiger partial charge is 0.263 e. The highest BCUT2D eigenvalue weighted by Gasteiger charge is 2.34. The molecule has 0 radical (unpaired) electrons. The molecule has 0 spiro atoms. The van der Waals surface area contributed by atoms with Crippen molar-refractivity contribution < 1.29 is 14.3 Å². The van der Waals surface area contributed by atoms with E-state index in [1.165, 1.54) is 0 Å². The van der Waals surface area contributed by atoms with Gasteiger partial charge in [-0.2, -0.15) is 0 Å². The van der Waals surface area contributed by atoms with Crippen LogP contribution in [0.1, 0.15) is 26.2 Å². The zero-order chi connectivity index (χ0) is 17.1. The SMILES string of the molecule is C[C@H](Oc1cc(Cl)cc(Cl)c1)C(=O)N1CC[C@H](C2CCOCC2)C1. The van der Waals surface area contributed by atoms with Gasteiger partial charge < -0.3 is 14.4 Å². The summed E-state index contributed by atoms with van der Waals surface area (Å²) in [5.74, 6) is 1.82.